The number of fused-ring (bicyclic) bond motifs is 1. The van der Waals surface area contributed by atoms with E-state index in [1.807, 2.05) is 0 Å². The first-order valence-electron chi connectivity index (χ1n) is 8.31. The lowest BCUT2D eigenvalue weighted by Crippen LogP contribution is -2.52. The van der Waals surface area contributed by atoms with Crippen molar-refractivity contribution in [3.63, 3.8) is 0 Å². The van der Waals surface area contributed by atoms with E-state index in [1.165, 1.54) is 36.2 Å². The highest BCUT2D eigenvalue weighted by Gasteiger charge is 2.33. The van der Waals surface area contributed by atoms with E-state index in [4.69, 9.17) is 4.74 Å². The van der Waals surface area contributed by atoms with Crippen LogP contribution < -0.4 is 20.3 Å². The first-order valence-corrected chi connectivity index (χ1v) is 8.31. The van der Waals surface area contributed by atoms with Gasteiger partial charge in [-0.2, -0.15) is 0 Å². The summed E-state index contributed by atoms with van der Waals surface area (Å²) in [4.78, 5) is 38.1. The Morgan fingerprint density at radius 1 is 1.15 bits per heavy atom. The number of rotatable bonds is 4. The quantitative estimate of drug-likeness (QED) is 0.842. The smallest absolute Gasteiger partial charge is 0.262 e. The van der Waals surface area contributed by atoms with Crippen molar-refractivity contribution in [1.29, 1.82) is 0 Å². The molecule has 1 atom stereocenters. The molecular formula is C19H18FN3O4. The molecular weight excluding hydrogens is 353 g/mol. The molecule has 0 spiro atoms. The van der Waals surface area contributed by atoms with Crippen LogP contribution in [-0.2, 0) is 9.59 Å². The molecule has 3 amide bonds. The second kappa shape index (κ2) is 7.86. The molecule has 2 N–H and O–H groups in total. The summed E-state index contributed by atoms with van der Waals surface area (Å²) in [5.74, 6) is -1.77. The van der Waals surface area contributed by atoms with Gasteiger partial charge in [0, 0.05) is 7.05 Å². The number of anilines is 1. The largest absolute Gasteiger partial charge is 0.477 e. The fraction of sp³-hybridized carbons (Fsp3) is 0.211. The molecule has 2 aromatic rings. The van der Waals surface area contributed by atoms with Crippen molar-refractivity contribution in [3.05, 3.63) is 59.9 Å². The van der Waals surface area contributed by atoms with Gasteiger partial charge in [-0.25, -0.2) is 4.39 Å². The number of amides is 3. The van der Waals surface area contributed by atoms with E-state index in [1.54, 1.807) is 24.3 Å². The Bertz CT molecular complexity index is 887. The molecule has 0 bridgehead atoms. The molecule has 0 fully saturated rings. The zero-order valence-corrected chi connectivity index (χ0v) is 14.6. The Hall–Kier alpha value is -3.42. The molecule has 1 aliphatic rings. The lowest BCUT2D eigenvalue weighted by atomic mass is 10.1. The number of carbonyl (C=O) groups is 3. The van der Waals surface area contributed by atoms with Crippen molar-refractivity contribution in [2.24, 2.45) is 0 Å². The molecule has 0 saturated heterocycles. The minimum atomic E-state index is -0.865. The number of nitrogens with zero attached hydrogens (tertiary/aromatic N) is 1. The summed E-state index contributed by atoms with van der Waals surface area (Å²) in [6, 6.07) is 12.3. The third-order valence-corrected chi connectivity index (χ3v) is 4.13. The van der Waals surface area contributed by atoms with Gasteiger partial charge in [-0.15, -0.1) is 0 Å². The highest BCUT2D eigenvalue weighted by Crippen LogP contribution is 2.33. The molecule has 1 aliphatic heterocycles. The van der Waals surface area contributed by atoms with E-state index in [0.29, 0.717) is 11.4 Å². The van der Waals surface area contributed by atoms with Crippen LogP contribution in [0.5, 0.6) is 5.75 Å². The maximum absolute atomic E-state index is 13.7. The molecule has 0 saturated carbocycles. The summed E-state index contributed by atoms with van der Waals surface area (Å²) in [6.07, 6.45) is -0.865. The van der Waals surface area contributed by atoms with Gasteiger partial charge in [0.05, 0.1) is 24.3 Å². The predicted molar refractivity (Wildman–Crippen MR) is 96.0 cm³/mol. The van der Waals surface area contributed by atoms with Gasteiger partial charge in [0.2, 0.25) is 5.91 Å². The lowest BCUT2D eigenvalue weighted by Gasteiger charge is -2.34. The SMILES string of the molecule is CNC(=O)[C@H]1CN(C(=O)CNC(=O)c2ccccc2F)c2ccccc2O1. The average molecular weight is 371 g/mol. The highest BCUT2D eigenvalue weighted by atomic mass is 19.1. The monoisotopic (exact) mass is 371 g/mol. The van der Waals surface area contributed by atoms with E-state index in [2.05, 4.69) is 10.6 Å². The van der Waals surface area contributed by atoms with E-state index in [0.717, 1.165) is 0 Å². The van der Waals surface area contributed by atoms with Gasteiger partial charge in [-0.05, 0) is 24.3 Å². The van der Waals surface area contributed by atoms with Gasteiger partial charge in [-0.3, -0.25) is 14.4 Å². The first-order chi connectivity index (χ1) is 13.0. The predicted octanol–water partition coefficient (Wildman–Crippen LogP) is 1.10. The van der Waals surface area contributed by atoms with Crippen molar-refractivity contribution >= 4 is 23.4 Å². The number of hydrogen-bond donors (Lipinski definition) is 2. The molecule has 27 heavy (non-hydrogen) atoms. The minimum Gasteiger partial charge on any atom is -0.477 e. The third kappa shape index (κ3) is 3.89. The van der Waals surface area contributed by atoms with Crippen LogP contribution in [0.1, 0.15) is 10.4 Å². The second-order valence-corrected chi connectivity index (χ2v) is 5.86. The van der Waals surface area contributed by atoms with E-state index in [-0.39, 0.29) is 24.6 Å². The van der Waals surface area contributed by atoms with Crippen molar-refractivity contribution in [2.45, 2.75) is 6.10 Å². The van der Waals surface area contributed by atoms with Crippen LogP contribution in [0.2, 0.25) is 0 Å². The zero-order chi connectivity index (χ0) is 19.4. The number of nitrogens with one attached hydrogen (secondary N) is 2. The van der Waals surface area contributed by atoms with Gasteiger partial charge < -0.3 is 20.3 Å². The van der Waals surface area contributed by atoms with Crippen LogP contribution in [0, 0.1) is 5.82 Å². The molecule has 2 aromatic carbocycles. The summed E-state index contributed by atoms with van der Waals surface area (Å²) < 4.78 is 19.3. The van der Waals surface area contributed by atoms with Crippen molar-refractivity contribution in [2.75, 3.05) is 25.0 Å². The topological polar surface area (TPSA) is 87.7 Å². The minimum absolute atomic E-state index is 0.00505. The normalized spacial score (nSPS) is 15.3. The molecule has 0 unspecified atom stereocenters. The molecule has 1 heterocycles. The highest BCUT2D eigenvalue weighted by molar-refractivity contribution is 6.02. The molecule has 3 rings (SSSR count). The molecule has 0 aromatic heterocycles. The van der Waals surface area contributed by atoms with E-state index in [9.17, 15) is 18.8 Å². The number of ether oxygens (including phenoxy) is 1. The number of likely N-dealkylation sites (N-methyl/N-ethyl adjacent to an activating group) is 1. The third-order valence-electron chi connectivity index (χ3n) is 4.13. The number of carbonyl (C=O) groups excluding carboxylic acids is 3. The maximum atomic E-state index is 13.7. The fourth-order valence-electron chi connectivity index (χ4n) is 2.76. The molecule has 0 aliphatic carbocycles. The van der Waals surface area contributed by atoms with Crippen LogP contribution in [0.3, 0.4) is 0 Å². The van der Waals surface area contributed by atoms with Gasteiger partial charge in [0.15, 0.2) is 6.10 Å². The summed E-state index contributed by atoms with van der Waals surface area (Å²) in [5.41, 5.74) is 0.360. The van der Waals surface area contributed by atoms with Crippen LogP contribution in [0.15, 0.2) is 48.5 Å². The van der Waals surface area contributed by atoms with Crippen molar-refractivity contribution < 1.29 is 23.5 Å². The molecule has 8 heteroatoms. The van der Waals surface area contributed by atoms with Crippen molar-refractivity contribution in [3.8, 4) is 5.75 Å². The summed E-state index contributed by atoms with van der Waals surface area (Å²) in [6.45, 7) is -0.340. The van der Waals surface area contributed by atoms with Crippen LogP contribution in [0.25, 0.3) is 0 Å². The summed E-state index contributed by atoms with van der Waals surface area (Å²) >= 11 is 0. The number of halogens is 1. The Labute approximate surface area is 155 Å². The first kappa shape index (κ1) is 18.4. The Morgan fingerprint density at radius 2 is 1.85 bits per heavy atom. The Kier molecular flexibility index (Phi) is 5.35. The Morgan fingerprint density at radius 3 is 2.59 bits per heavy atom. The van der Waals surface area contributed by atoms with Crippen LogP contribution >= 0.6 is 0 Å². The lowest BCUT2D eigenvalue weighted by molar-refractivity contribution is -0.127. The standard InChI is InChI=1S/C19H18FN3O4/c1-21-19(26)16-11-23(14-8-4-5-9-15(14)27-16)17(24)10-22-18(25)12-6-2-3-7-13(12)20/h2-9,16H,10-11H2,1H3,(H,21,26)(H,22,25)/t16-/m1/s1. The summed E-state index contributed by atoms with van der Waals surface area (Å²) in [7, 11) is 1.48. The number of benzene rings is 2. The van der Waals surface area contributed by atoms with Gasteiger partial charge in [0.25, 0.3) is 11.8 Å². The van der Waals surface area contributed by atoms with E-state index >= 15 is 0 Å². The fourth-order valence-corrected chi connectivity index (χ4v) is 2.76. The number of para-hydroxylation sites is 2. The number of hydrogen-bond acceptors (Lipinski definition) is 4. The molecule has 0 radical (unpaired) electrons. The summed E-state index contributed by atoms with van der Waals surface area (Å²) in [5, 5.41) is 4.90. The van der Waals surface area contributed by atoms with Gasteiger partial charge in [0.1, 0.15) is 11.6 Å². The van der Waals surface area contributed by atoms with Gasteiger partial charge in [-0.1, -0.05) is 24.3 Å². The zero-order valence-electron chi connectivity index (χ0n) is 14.6. The second-order valence-electron chi connectivity index (χ2n) is 5.86. The van der Waals surface area contributed by atoms with Crippen LogP contribution in [0.4, 0.5) is 10.1 Å². The average Bonchev–Trinajstić information content (AvgIpc) is 2.70. The Balaban J connectivity index is 1.74. The molecule has 140 valence electrons. The van der Waals surface area contributed by atoms with Gasteiger partial charge >= 0.3 is 0 Å². The van der Waals surface area contributed by atoms with Crippen LogP contribution in [-0.4, -0.2) is 44.0 Å². The maximum Gasteiger partial charge on any atom is 0.262 e. The molecule has 7 nitrogen and oxygen atoms in total. The van der Waals surface area contributed by atoms with Crippen molar-refractivity contribution in [1.82, 2.24) is 10.6 Å². The van der Waals surface area contributed by atoms with E-state index < -0.39 is 23.7 Å².